The van der Waals surface area contributed by atoms with Gasteiger partial charge in [0.2, 0.25) is 5.91 Å². The first-order valence-corrected chi connectivity index (χ1v) is 12.8. The fraction of sp³-hybridized carbons (Fsp3) is 0.231. The summed E-state index contributed by atoms with van der Waals surface area (Å²) in [5, 5.41) is 0. The number of thiocarbonyl (C=S) groups is 1. The van der Waals surface area contributed by atoms with Gasteiger partial charge in [-0.25, -0.2) is 9.59 Å². The number of anilines is 1. The van der Waals surface area contributed by atoms with E-state index in [1.54, 1.807) is 4.90 Å². The number of fused-ring (bicyclic) bond motifs is 1. The lowest BCUT2D eigenvalue weighted by atomic mass is 9.83. The van der Waals surface area contributed by atoms with Crippen LogP contribution in [-0.4, -0.2) is 42.5 Å². The lowest BCUT2D eigenvalue weighted by Gasteiger charge is -2.45. The fourth-order valence-corrected chi connectivity index (χ4v) is 7.10. The molecule has 0 aliphatic carbocycles. The number of esters is 2. The van der Waals surface area contributed by atoms with Gasteiger partial charge in [0, 0.05) is 11.1 Å². The van der Waals surface area contributed by atoms with Crippen LogP contribution in [0.5, 0.6) is 0 Å². The zero-order valence-corrected chi connectivity index (χ0v) is 22.1. The van der Waals surface area contributed by atoms with Crippen molar-refractivity contribution in [3.05, 3.63) is 79.8 Å². The van der Waals surface area contributed by atoms with Crippen LogP contribution in [0.3, 0.4) is 0 Å². The lowest BCUT2D eigenvalue weighted by molar-refractivity contribution is -0.138. The van der Waals surface area contributed by atoms with Crippen molar-refractivity contribution in [3.63, 3.8) is 0 Å². The number of carbonyl (C=O) groups is 3. The van der Waals surface area contributed by atoms with Crippen molar-refractivity contribution in [1.82, 2.24) is 0 Å². The fourth-order valence-electron chi connectivity index (χ4n) is 4.06. The van der Waals surface area contributed by atoms with Gasteiger partial charge in [-0.2, -0.15) is 0 Å². The summed E-state index contributed by atoms with van der Waals surface area (Å²) in [6.07, 6.45) is 0.233. The van der Waals surface area contributed by atoms with Gasteiger partial charge in [0.15, 0.2) is 0 Å². The molecule has 35 heavy (non-hydrogen) atoms. The van der Waals surface area contributed by atoms with Gasteiger partial charge in [0.25, 0.3) is 0 Å². The van der Waals surface area contributed by atoms with Crippen molar-refractivity contribution >= 4 is 69.7 Å². The first kappa shape index (κ1) is 25.2. The van der Waals surface area contributed by atoms with Crippen LogP contribution >= 0.6 is 35.7 Å². The lowest BCUT2D eigenvalue weighted by Crippen LogP contribution is -2.56. The summed E-state index contributed by atoms with van der Waals surface area (Å²) in [5.74, 6) is -1.31. The average Bonchev–Trinajstić information content (AvgIpc) is 3.29. The van der Waals surface area contributed by atoms with Crippen LogP contribution in [0, 0.1) is 0 Å². The molecule has 0 saturated carbocycles. The van der Waals surface area contributed by atoms with E-state index in [1.807, 2.05) is 68.4 Å². The van der Waals surface area contributed by atoms with Gasteiger partial charge < -0.3 is 14.4 Å². The summed E-state index contributed by atoms with van der Waals surface area (Å²) >= 11 is 8.25. The Morgan fingerprint density at radius 2 is 1.43 bits per heavy atom. The molecule has 2 aliphatic heterocycles. The Hall–Kier alpha value is -2.88. The quantitative estimate of drug-likeness (QED) is 0.309. The zero-order valence-electron chi connectivity index (χ0n) is 19.6. The van der Waals surface area contributed by atoms with Crippen molar-refractivity contribution in [1.29, 1.82) is 0 Å². The first-order valence-electron chi connectivity index (χ1n) is 10.7. The molecule has 0 N–H and O–H groups in total. The minimum Gasteiger partial charge on any atom is -0.465 e. The summed E-state index contributed by atoms with van der Waals surface area (Å²) < 4.78 is 10.5. The average molecular weight is 526 g/mol. The van der Waals surface area contributed by atoms with Gasteiger partial charge in [-0.15, -0.1) is 0 Å². The van der Waals surface area contributed by atoms with Gasteiger partial charge in [-0.05, 0) is 25.5 Å². The van der Waals surface area contributed by atoms with E-state index in [0.717, 1.165) is 45.9 Å². The summed E-state index contributed by atoms with van der Waals surface area (Å²) in [5.41, 5.74) is 2.29. The maximum atomic E-state index is 13.6. The second kappa shape index (κ2) is 10.0. The van der Waals surface area contributed by atoms with Crippen LogP contribution in [0.1, 0.15) is 25.0 Å². The molecule has 0 bridgehead atoms. The van der Waals surface area contributed by atoms with Crippen molar-refractivity contribution in [2.24, 2.45) is 0 Å². The Labute approximate surface area is 217 Å². The third kappa shape index (κ3) is 4.55. The van der Waals surface area contributed by atoms with Crippen LogP contribution in [0.2, 0.25) is 0 Å². The number of rotatable bonds is 4. The molecule has 4 rings (SSSR count). The molecule has 0 saturated heterocycles. The van der Waals surface area contributed by atoms with Crippen LogP contribution in [0.15, 0.2) is 68.6 Å². The monoisotopic (exact) mass is 525 g/mol. The van der Waals surface area contributed by atoms with E-state index in [1.165, 1.54) is 14.2 Å². The number of hydrogen-bond donors (Lipinski definition) is 0. The largest absolute Gasteiger partial charge is 0.465 e. The molecule has 2 heterocycles. The zero-order chi connectivity index (χ0) is 25.3. The molecule has 0 atom stereocenters. The van der Waals surface area contributed by atoms with Crippen molar-refractivity contribution in [3.8, 4) is 0 Å². The van der Waals surface area contributed by atoms with E-state index < -0.39 is 17.5 Å². The molecule has 2 aliphatic rings. The topological polar surface area (TPSA) is 72.9 Å². The van der Waals surface area contributed by atoms with E-state index in [2.05, 4.69) is 0 Å². The molecular weight excluding hydrogens is 502 g/mol. The van der Waals surface area contributed by atoms with Crippen molar-refractivity contribution in [2.45, 2.75) is 25.8 Å². The number of carbonyl (C=O) groups excluding carboxylic acids is 3. The summed E-state index contributed by atoms with van der Waals surface area (Å²) in [7, 11) is 2.53. The highest BCUT2D eigenvalue weighted by molar-refractivity contribution is 8.29. The molecule has 0 aromatic heterocycles. The number of para-hydroxylation sites is 1. The Morgan fingerprint density at radius 1 is 0.886 bits per heavy atom. The Morgan fingerprint density at radius 3 is 2.00 bits per heavy atom. The van der Waals surface area contributed by atoms with Gasteiger partial charge in [0.05, 0.1) is 41.0 Å². The SMILES string of the molecule is COC(=O)C1=C(C(=O)OC)SC(=C2C(=S)C(C)(C)N(C(=O)Cc3ccccc3)c3ccccc32)S1. The third-order valence-corrected chi connectivity index (χ3v) is 9.01. The molecular formula is C26H23NO5S3. The molecule has 6 nitrogen and oxygen atoms in total. The number of amides is 1. The number of methoxy groups -OCH3 is 2. The number of benzene rings is 2. The highest BCUT2D eigenvalue weighted by Gasteiger charge is 2.45. The standard InChI is InChI=1S/C26H23NO5S3/c1-26(2)22(33)19(25-34-20(23(29)31-3)21(35-25)24(30)32-4)16-12-8-9-13-17(16)27(26)18(28)14-15-10-6-5-7-11-15/h5-13H,14H2,1-4H3. The molecule has 0 fully saturated rings. The molecule has 0 unspecified atom stereocenters. The van der Waals surface area contributed by atoms with Crippen LogP contribution < -0.4 is 4.90 Å². The molecule has 0 spiro atoms. The van der Waals surface area contributed by atoms with Gasteiger partial charge in [-0.3, -0.25) is 4.79 Å². The molecule has 2 aromatic rings. The van der Waals surface area contributed by atoms with Crippen molar-refractivity contribution in [2.75, 3.05) is 19.1 Å². The molecule has 9 heteroatoms. The van der Waals surface area contributed by atoms with E-state index in [0.29, 0.717) is 9.10 Å². The Kier molecular flexibility index (Phi) is 7.21. The van der Waals surface area contributed by atoms with Gasteiger partial charge >= 0.3 is 11.9 Å². The predicted molar refractivity (Wildman–Crippen MR) is 144 cm³/mol. The Bertz CT molecular complexity index is 1270. The predicted octanol–water partition coefficient (Wildman–Crippen LogP) is 5.13. The number of hydrogen-bond acceptors (Lipinski definition) is 8. The molecule has 2 aromatic carbocycles. The minimum atomic E-state index is -0.835. The second-order valence-corrected chi connectivity index (χ2v) is 11.0. The summed E-state index contributed by atoms with van der Waals surface area (Å²) in [6, 6.07) is 17.1. The molecule has 1 amide bonds. The number of nitrogens with zero attached hydrogens (tertiary/aromatic N) is 1. The van der Waals surface area contributed by atoms with Gasteiger partial charge in [-0.1, -0.05) is 84.3 Å². The third-order valence-electron chi connectivity index (χ3n) is 5.75. The number of thioether (sulfide) groups is 2. The maximum absolute atomic E-state index is 13.6. The Balaban J connectivity index is 1.82. The number of ether oxygens (including phenoxy) is 2. The first-order chi connectivity index (χ1) is 16.7. The second-order valence-electron chi connectivity index (χ2n) is 8.30. The summed E-state index contributed by atoms with van der Waals surface area (Å²) in [4.78, 5) is 41.0. The maximum Gasteiger partial charge on any atom is 0.346 e. The van der Waals surface area contributed by atoms with E-state index in [4.69, 9.17) is 21.7 Å². The summed E-state index contributed by atoms with van der Waals surface area (Å²) in [6.45, 7) is 3.82. The van der Waals surface area contributed by atoms with Crippen molar-refractivity contribution < 1.29 is 23.9 Å². The van der Waals surface area contributed by atoms with E-state index in [-0.39, 0.29) is 22.1 Å². The highest BCUT2D eigenvalue weighted by atomic mass is 32.2. The van der Waals surface area contributed by atoms with E-state index >= 15 is 0 Å². The van der Waals surface area contributed by atoms with Crippen LogP contribution in [0.25, 0.3) is 5.57 Å². The van der Waals surface area contributed by atoms with E-state index in [9.17, 15) is 14.4 Å². The van der Waals surface area contributed by atoms with Crippen LogP contribution in [-0.2, 0) is 30.3 Å². The molecule has 0 radical (unpaired) electrons. The molecule has 180 valence electrons. The normalized spacial score (nSPS) is 16.8. The van der Waals surface area contributed by atoms with Crippen LogP contribution in [0.4, 0.5) is 5.69 Å². The van der Waals surface area contributed by atoms with Gasteiger partial charge in [0.1, 0.15) is 9.81 Å². The highest BCUT2D eigenvalue weighted by Crippen LogP contribution is 2.56. The minimum absolute atomic E-state index is 0.0737. The smallest absolute Gasteiger partial charge is 0.346 e.